The van der Waals surface area contributed by atoms with Crippen molar-refractivity contribution in [1.82, 2.24) is 0 Å². The third kappa shape index (κ3) is 3.61. The number of benzene rings is 1. The zero-order valence-corrected chi connectivity index (χ0v) is 13.2. The van der Waals surface area contributed by atoms with Crippen LogP contribution in [0.25, 0.3) is 0 Å². The van der Waals surface area contributed by atoms with Gasteiger partial charge in [0.1, 0.15) is 4.99 Å². The molecule has 0 unspecified atom stereocenters. The van der Waals surface area contributed by atoms with Gasteiger partial charge in [-0.05, 0) is 42.9 Å². The number of hydrogen-bond acceptors (Lipinski definition) is 2. The van der Waals surface area contributed by atoms with Crippen LogP contribution in [0.1, 0.15) is 38.7 Å². The van der Waals surface area contributed by atoms with E-state index in [0.717, 1.165) is 29.4 Å². The van der Waals surface area contributed by atoms with E-state index in [1.807, 2.05) is 18.2 Å². The van der Waals surface area contributed by atoms with Crippen LogP contribution in [0.3, 0.4) is 0 Å². The van der Waals surface area contributed by atoms with Crippen molar-refractivity contribution in [2.45, 2.75) is 33.1 Å². The molecule has 0 spiro atoms. The molecule has 2 rings (SSSR count). The smallest absolute Gasteiger partial charge is 0.104 e. The van der Waals surface area contributed by atoms with Crippen molar-refractivity contribution in [1.29, 1.82) is 0 Å². The lowest BCUT2D eigenvalue weighted by Gasteiger charge is -2.26. The van der Waals surface area contributed by atoms with E-state index in [1.54, 1.807) is 0 Å². The molecule has 0 radical (unpaired) electrons. The van der Waals surface area contributed by atoms with Crippen LogP contribution >= 0.6 is 23.8 Å². The highest BCUT2D eigenvalue weighted by Crippen LogP contribution is 2.34. The second kappa shape index (κ2) is 5.68. The summed E-state index contributed by atoms with van der Waals surface area (Å²) in [5.41, 5.74) is 7.99. The van der Waals surface area contributed by atoms with E-state index in [2.05, 4.69) is 18.7 Å². The molecule has 0 atom stereocenters. The summed E-state index contributed by atoms with van der Waals surface area (Å²) in [5, 5.41) is 0.741. The third-order valence-corrected chi connectivity index (χ3v) is 4.45. The molecule has 0 saturated carbocycles. The molecule has 1 fully saturated rings. The van der Waals surface area contributed by atoms with E-state index in [-0.39, 0.29) is 0 Å². The Labute approximate surface area is 125 Å². The summed E-state index contributed by atoms with van der Waals surface area (Å²) >= 11 is 11.4. The molecule has 0 aromatic heterocycles. The topological polar surface area (TPSA) is 29.3 Å². The van der Waals surface area contributed by atoms with Crippen LogP contribution in [0.15, 0.2) is 18.2 Å². The van der Waals surface area contributed by atoms with Crippen molar-refractivity contribution in [3.8, 4) is 0 Å². The molecule has 1 aromatic carbocycles. The van der Waals surface area contributed by atoms with Crippen LogP contribution < -0.4 is 10.6 Å². The fourth-order valence-electron chi connectivity index (χ4n) is 2.58. The van der Waals surface area contributed by atoms with Gasteiger partial charge in [0.15, 0.2) is 0 Å². The van der Waals surface area contributed by atoms with Crippen molar-refractivity contribution >= 4 is 34.5 Å². The number of halogens is 1. The summed E-state index contributed by atoms with van der Waals surface area (Å²) in [7, 11) is 0. The molecular weight excluding hydrogens is 276 g/mol. The predicted octanol–water partition coefficient (Wildman–Crippen LogP) is 3.99. The highest BCUT2D eigenvalue weighted by atomic mass is 35.5. The summed E-state index contributed by atoms with van der Waals surface area (Å²) in [6.07, 6.45) is 3.67. The van der Waals surface area contributed by atoms with Gasteiger partial charge in [0, 0.05) is 18.7 Å². The zero-order chi connectivity index (χ0) is 14.0. The van der Waals surface area contributed by atoms with Crippen LogP contribution in [0.2, 0.25) is 5.02 Å². The van der Waals surface area contributed by atoms with Gasteiger partial charge in [0.2, 0.25) is 0 Å². The molecule has 0 aliphatic carbocycles. The Balaban J connectivity index is 2.20. The highest BCUT2D eigenvalue weighted by Gasteiger charge is 2.24. The molecule has 1 aromatic rings. The second-order valence-corrected chi connectivity index (χ2v) is 6.88. The Morgan fingerprint density at radius 3 is 2.68 bits per heavy atom. The molecular formula is C15H21ClN2S. The number of nitrogens with zero attached hydrogens (tertiary/aromatic N) is 1. The van der Waals surface area contributed by atoms with Gasteiger partial charge in [-0.1, -0.05) is 37.7 Å². The van der Waals surface area contributed by atoms with Gasteiger partial charge < -0.3 is 10.6 Å². The molecule has 1 saturated heterocycles. The van der Waals surface area contributed by atoms with Crippen molar-refractivity contribution in [2.75, 3.05) is 18.0 Å². The lowest BCUT2D eigenvalue weighted by atomic mass is 9.85. The van der Waals surface area contributed by atoms with Gasteiger partial charge >= 0.3 is 0 Å². The largest absolute Gasteiger partial charge is 0.389 e. The fourth-order valence-corrected chi connectivity index (χ4v) is 3.01. The van der Waals surface area contributed by atoms with Crippen molar-refractivity contribution in [3.63, 3.8) is 0 Å². The molecule has 0 amide bonds. The number of hydrogen-bond donors (Lipinski definition) is 1. The Kier molecular flexibility index (Phi) is 4.36. The van der Waals surface area contributed by atoms with Crippen LogP contribution in [-0.2, 0) is 0 Å². The molecule has 104 valence electrons. The molecule has 2 nitrogen and oxygen atoms in total. The number of thiocarbonyl (C=S) groups is 1. The summed E-state index contributed by atoms with van der Waals surface area (Å²) in [5.74, 6) is 0. The zero-order valence-electron chi connectivity index (χ0n) is 11.6. The number of nitrogens with two attached hydrogens (primary N) is 1. The Hall–Kier alpha value is -0.800. The maximum Gasteiger partial charge on any atom is 0.104 e. The van der Waals surface area contributed by atoms with Crippen molar-refractivity contribution in [3.05, 3.63) is 28.8 Å². The standard InChI is InChI=1S/C15H21ClN2S/c1-15(2)6-3-8-18(9-7-15)13-5-4-11(14(17)19)10-12(13)16/h4-5,10H,3,6-9H2,1-2H3,(H2,17,19). The summed E-state index contributed by atoms with van der Waals surface area (Å²) in [6, 6.07) is 5.87. The van der Waals surface area contributed by atoms with Gasteiger partial charge in [-0.2, -0.15) is 0 Å². The Morgan fingerprint density at radius 2 is 2.05 bits per heavy atom. The van der Waals surface area contributed by atoms with Crippen molar-refractivity contribution < 1.29 is 0 Å². The SMILES string of the molecule is CC1(C)CCCN(c2ccc(C(N)=S)cc2Cl)CC1. The highest BCUT2D eigenvalue weighted by molar-refractivity contribution is 7.80. The van der Waals surface area contributed by atoms with E-state index in [1.165, 1.54) is 19.3 Å². The number of anilines is 1. The minimum Gasteiger partial charge on any atom is -0.389 e. The maximum atomic E-state index is 6.37. The normalized spacial score (nSPS) is 19.0. The van der Waals surface area contributed by atoms with Gasteiger partial charge in [-0.3, -0.25) is 0 Å². The van der Waals surface area contributed by atoms with Gasteiger partial charge in [0.05, 0.1) is 10.7 Å². The Bertz CT molecular complexity index is 485. The van der Waals surface area contributed by atoms with Crippen LogP contribution in [0.4, 0.5) is 5.69 Å². The van der Waals surface area contributed by atoms with Crippen molar-refractivity contribution in [2.24, 2.45) is 11.1 Å². The average Bonchev–Trinajstić information content (AvgIpc) is 2.50. The van der Waals surface area contributed by atoms with E-state index in [0.29, 0.717) is 10.4 Å². The first-order valence-electron chi connectivity index (χ1n) is 6.73. The average molecular weight is 297 g/mol. The molecule has 1 aliphatic rings. The van der Waals surface area contributed by atoms with Gasteiger partial charge in [0.25, 0.3) is 0 Å². The van der Waals surface area contributed by atoms with E-state index in [4.69, 9.17) is 29.6 Å². The minimum atomic E-state index is 0.394. The summed E-state index contributed by atoms with van der Waals surface area (Å²) in [6.45, 7) is 6.80. The number of rotatable bonds is 2. The maximum absolute atomic E-state index is 6.37. The lowest BCUT2D eigenvalue weighted by molar-refractivity contribution is 0.325. The monoisotopic (exact) mass is 296 g/mol. The third-order valence-electron chi connectivity index (χ3n) is 3.91. The molecule has 0 bridgehead atoms. The first kappa shape index (κ1) is 14.6. The van der Waals surface area contributed by atoms with Crippen LogP contribution in [0, 0.1) is 5.41 Å². The molecule has 19 heavy (non-hydrogen) atoms. The summed E-state index contributed by atoms with van der Waals surface area (Å²) < 4.78 is 0. The quantitative estimate of drug-likeness (QED) is 0.837. The predicted molar refractivity (Wildman–Crippen MR) is 87.2 cm³/mol. The van der Waals surface area contributed by atoms with Crippen LogP contribution in [0.5, 0.6) is 0 Å². The van der Waals surface area contributed by atoms with E-state index < -0.39 is 0 Å². The molecule has 1 aliphatic heterocycles. The second-order valence-electron chi connectivity index (χ2n) is 6.04. The Morgan fingerprint density at radius 1 is 1.32 bits per heavy atom. The first-order valence-corrected chi connectivity index (χ1v) is 7.52. The van der Waals surface area contributed by atoms with Gasteiger partial charge in [-0.15, -0.1) is 0 Å². The van der Waals surface area contributed by atoms with Crippen LogP contribution in [-0.4, -0.2) is 18.1 Å². The first-order chi connectivity index (χ1) is 8.89. The van der Waals surface area contributed by atoms with Gasteiger partial charge in [-0.25, -0.2) is 0 Å². The lowest BCUT2D eigenvalue weighted by Crippen LogP contribution is -2.25. The van der Waals surface area contributed by atoms with E-state index >= 15 is 0 Å². The fraction of sp³-hybridized carbons (Fsp3) is 0.533. The molecule has 2 N–H and O–H groups in total. The molecule has 1 heterocycles. The summed E-state index contributed by atoms with van der Waals surface area (Å²) in [4.78, 5) is 2.77. The van der Waals surface area contributed by atoms with E-state index in [9.17, 15) is 0 Å². The molecule has 4 heteroatoms. The minimum absolute atomic E-state index is 0.394.